The van der Waals surface area contributed by atoms with Gasteiger partial charge in [0.2, 0.25) is 0 Å². The number of methoxy groups -OCH3 is 1. The Morgan fingerprint density at radius 2 is 1.87 bits per heavy atom. The van der Waals surface area contributed by atoms with Crippen LogP contribution in [-0.2, 0) is 33.4 Å². The van der Waals surface area contributed by atoms with Gasteiger partial charge in [0, 0.05) is 41.1 Å². The van der Waals surface area contributed by atoms with Crippen LogP contribution in [0.4, 0.5) is 0 Å². The molecule has 0 amide bonds. The van der Waals surface area contributed by atoms with E-state index in [2.05, 4.69) is 0 Å². The second-order valence-corrected chi connectivity index (χ2v) is 12.6. The predicted octanol–water partition coefficient (Wildman–Crippen LogP) is 2.67. The molecule has 2 heterocycles. The maximum atomic E-state index is 14.3. The first-order chi connectivity index (χ1) is 18.1. The molecule has 2 saturated carbocycles. The average Bonchev–Trinajstić information content (AvgIpc) is 3.40. The van der Waals surface area contributed by atoms with Gasteiger partial charge in [-0.2, -0.15) is 0 Å². The van der Waals surface area contributed by atoms with Gasteiger partial charge in [-0.1, -0.05) is 33.3 Å². The van der Waals surface area contributed by atoms with Crippen LogP contribution in [0.5, 0.6) is 0 Å². The van der Waals surface area contributed by atoms with Crippen LogP contribution in [0, 0.1) is 34.0 Å². The molecule has 5 rings (SSSR count). The third-order valence-electron chi connectivity index (χ3n) is 10.2. The Hall–Kier alpha value is -2.98. The number of Topliss-reactive ketones (excluding diaryl/α,β-unsaturated/α-hetero) is 1. The number of cyclic esters (lactones) is 1. The number of carbonyl (C=O) groups excluding carboxylic acids is 4. The van der Waals surface area contributed by atoms with Crippen LogP contribution in [-0.4, -0.2) is 58.8 Å². The summed E-state index contributed by atoms with van der Waals surface area (Å²) in [5.74, 6) is -4.59. The van der Waals surface area contributed by atoms with E-state index < -0.39 is 81.6 Å². The third-order valence-corrected chi connectivity index (χ3v) is 10.2. The van der Waals surface area contributed by atoms with Crippen molar-refractivity contribution >= 4 is 23.7 Å². The Morgan fingerprint density at radius 1 is 1.18 bits per heavy atom. The molecular weight excluding hydrogens is 508 g/mol. The van der Waals surface area contributed by atoms with Crippen molar-refractivity contribution in [3.8, 4) is 0 Å². The van der Waals surface area contributed by atoms with Crippen molar-refractivity contribution < 1.29 is 48.0 Å². The van der Waals surface area contributed by atoms with Gasteiger partial charge in [-0.3, -0.25) is 14.4 Å². The second kappa shape index (κ2) is 8.76. The Morgan fingerprint density at radius 3 is 2.46 bits per heavy atom. The first-order valence-corrected chi connectivity index (χ1v) is 13.3. The Bertz CT molecular complexity index is 1250. The zero-order chi connectivity index (χ0) is 28.7. The van der Waals surface area contributed by atoms with Crippen molar-refractivity contribution in [2.45, 2.75) is 77.8 Å². The second-order valence-electron chi connectivity index (χ2n) is 12.6. The molecule has 1 aromatic heterocycles. The fourth-order valence-corrected chi connectivity index (χ4v) is 8.54. The quantitative estimate of drug-likeness (QED) is 0.329. The number of aliphatic hydroxyl groups is 2. The summed E-state index contributed by atoms with van der Waals surface area (Å²) < 4.78 is 21.6. The maximum Gasteiger partial charge on any atom is 0.336 e. The van der Waals surface area contributed by atoms with Gasteiger partial charge < -0.3 is 28.8 Å². The topological polar surface area (TPSA) is 150 Å². The summed E-state index contributed by atoms with van der Waals surface area (Å²) in [7, 11) is 1.26. The number of hydrogen-bond donors (Lipinski definition) is 2. The number of ether oxygens (including phenoxy) is 3. The number of fused-ring (bicyclic) bond motifs is 6. The largest absolute Gasteiger partial charge is 0.472 e. The molecule has 3 fully saturated rings. The molecule has 2 bridgehead atoms. The van der Waals surface area contributed by atoms with Crippen LogP contribution >= 0.6 is 0 Å². The molecule has 2 N–H and O–H groups in total. The van der Waals surface area contributed by atoms with Gasteiger partial charge in [0.15, 0.2) is 17.5 Å². The molecule has 1 aliphatic heterocycles. The van der Waals surface area contributed by atoms with Crippen LogP contribution in [0.1, 0.15) is 65.5 Å². The number of furan rings is 1. The lowest BCUT2D eigenvalue weighted by Crippen LogP contribution is -2.74. The Balaban J connectivity index is 1.74. The summed E-state index contributed by atoms with van der Waals surface area (Å²) >= 11 is 0. The van der Waals surface area contributed by atoms with E-state index in [1.54, 1.807) is 26.8 Å². The first kappa shape index (κ1) is 27.6. The molecule has 1 saturated heterocycles. The summed E-state index contributed by atoms with van der Waals surface area (Å²) in [5, 5.41) is 23.5. The van der Waals surface area contributed by atoms with Gasteiger partial charge >= 0.3 is 17.9 Å². The maximum absolute atomic E-state index is 14.3. The van der Waals surface area contributed by atoms with Crippen LogP contribution in [0.2, 0.25) is 0 Å². The highest BCUT2D eigenvalue weighted by molar-refractivity contribution is 5.99. The van der Waals surface area contributed by atoms with Crippen LogP contribution < -0.4 is 0 Å². The van der Waals surface area contributed by atoms with E-state index in [0.29, 0.717) is 24.0 Å². The molecule has 0 aromatic carbocycles. The van der Waals surface area contributed by atoms with E-state index in [0.717, 1.165) is 0 Å². The number of esters is 3. The highest BCUT2D eigenvalue weighted by atomic mass is 16.6. The van der Waals surface area contributed by atoms with Gasteiger partial charge in [0.1, 0.15) is 12.2 Å². The summed E-state index contributed by atoms with van der Waals surface area (Å²) in [6, 6.07) is 1.71. The van der Waals surface area contributed by atoms with E-state index >= 15 is 0 Å². The van der Waals surface area contributed by atoms with Gasteiger partial charge in [-0.25, -0.2) is 4.79 Å². The van der Waals surface area contributed by atoms with Gasteiger partial charge in [-0.05, 0) is 36.8 Å². The summed E-state index contributed by atoms with van der Waals surface area (Å²) in [6.45, 7) is 8.40. The molecule has 212 valence electrons. The van der Waals surface area contributed by atoms with Gasteiger partial charge in [0.25, 0.3) is 0 Å². The SMILES string of the molecule is COC(=O)C[C@H]1C(C)(C)[C@H](OC(C)=O)[C@]2(O)C=C3[C@@H]4[C@@H](O)C(=O)O[C@@H](c5ccoc5)[C@]4(C)CC[C@@H]3[C@@]1(C)C2=O. The number of ketones is 1. The fraction of sp³-hybridized carbons (Fsp3) is 0.655. The molecule has 0 spiro atoms. The molecule has 10 heteroatoms. The van der Waals surface area contributed by atoms with Crippen molar-refractivity contribution in [1.29, 1.82) is 0 Å². The minimum Gasteiger partial charge on any atom is -0.472 e. The monoisotopic (exact) mass is 544 g/mol. The van der Waals surface area contributed by atoms with Gasteiger partial charge in [0.05, 0.1) is 19.6 Å². The predicted molar refractivity (Wildman–Crippen MR) is 133 cm³/mol. The summed E-state index contributed by atoms with van der Waals surface area (Å²) in [5.41, 5.74) is -4.18. The summed E-state index contributed by atoms with van der Waals surface area (Å²) in [4.78, 5) is 52.2. The average molecular weight is 545 g/mol. The van der Waals surface area contributed by atoms with E-state index in [1.807, 2.05) is 6.92 Å². The number of hydrogen-bond acceptors (Lipinski definition) is 10. The normalized spacial score (nSPS) is 42.4. The van der Waals surface area contributed by atoms with Crippen molar-refractivity contribution in [2.75, 3.05) is 7.11 Å². The molecule has 0 unspecified atom stereocenters. The van der Waals surface area contributed by atoms with Crippen LogP contribution in [0.25, 0.3) is 0 Å². The molecule has 39 heavy (non-hydrogen) atoms. The number of rotatable bonds is 4. The van der Waals surface area contributed by atoms with Crippen molar-refractivity contribution in [1.82, 2.24) is 0 Å². The zero-order valence-corrected chi connectivity index (χ0v) is 23.1. The van der Waals surface area contributed by atoms with Crippen molar-refractivity contribution in [3.63, 3.8) is 0 Å². The first-order valence-electron chi connectivity index (χ1n) is 13.3. The smallest absolute Gasteiger partial charge is 0.336 e. The molecule has 3 aliphatic carbocycles. The highest BCUT2D eigenvalue weighted by Gasteiger charge is 2.74. The number of aliphatic hydroxyl groups excluding tert-OH is 1. The van der Waals surface area contributed by atoms with Crippen LogP contribution in [0.15, 0.2) is 34.7 Å². The lowest BCUT2D eigenvalue weighted by atomic mass is 9.39. The lowest BCUT2D eigenvalue weighted by Gasteiger charge is -2.65. The highest BCUT2D eigenvalue weighted by Crippen LogP contribution is 2.68. The zero-order valence-electron chi connectivity index (χ0n) is 23.1. The molecular formula is C29H36O10. The standard InChI is InChI=1S/C29H36O10/c1-14(30)38-25-26(2,3)18(11-19(31)36-6)28(5)17-7-9-27(4)20(16(17)12-29(25,35)24(28)34)21(32)23(33)39-22(27)15-8-10-37-13-15/h8,10,12-13,17-18,20-22,25,32,35H,7,9,11H2,1-6H3/t17-,18-,20+,21+,22-,25-,27+,28+,29-/m0/s1. The van der Waals surface area contributed by atoms with E-state index in [4.69, 9.17) is 18.6 Å². The molecule has 1 aromatic rings. The minimum atomic E-state index is -2.24. The van der Waals surface area contributed by atoms with E-state index in [-0.39, 0.29) is 6.42 Å². The minimum absolute atomic E-state index is 0.145. The van der Waals surface area contributed by atoms with Gasteiger partial charge in [-0.15, -0.1) is 0 Å². The van der Waals surface area contributed by atoms with E-state index in [9.17, 15) is 29.4 Å². The Labute approximate surface area is 226 Å². The van der Waals surface area contributed by atoms with Crippen molar-refractivity contribution in [3.05, 3.63) is 35.8 Å². The molecule has 4 aliphatic rings. The lowest BCUT2D eigenvalue weighted by molar-refractivity contribution is -0.228. The number of carbonyl (C=O) groups is 4. The van der Waals surface area contributed by atoms with Crippen molar-refractivity contribution in [2.24, 2.45) is 34.0 Å². The Kier molecular flexibility index (Phi) is 6.20. The van der Waals surface area contributed by atoms with E-state index in [1.165, 1.54) is 32.6 Å². The molecule has 10 nitrogen and oxygen atoms in total. The third kappa shape index (κ3) is 3.60. The molecule has 0 radical (unpaired) electrons. The fourth-order valence-electron chi connectivity index (χ4n) is 8.54. The molecule has 9 atom stereocenters. The van der Waals surface area contributed by atoms with Crippen LogP contribution in [0.3, 0.4) is 0 Å². The summed E-state index contributed by atoms with van der Waals surface area (Å²) in [6.07, 6.45) is 1.61.